The molecule has 7 heteroatoms. The van der Waals surface area contributed by atoms with Gasteiger partial charge in [0.2, 0.25) is 0 Å². The molecule has 182 valence electrons. The van der Waals surface area contributed by atoms with Gasteiger partial charge in [0.05, 0.1) is 28.6 Å². The van der Waals surface area contributed by atoms with Gasteiger partial charge in [-0.2, -0.15) is 0 Å². The van der Waals surface area contributed by atoms with E-state index in [1.54, 1.807) is 0 Å². The van der Waals surface area contributed by atoms with Gasteiger partial charge in [-0.25, -0.2) is 0 Å². The first kappa shape index (κ1) is 26.8. The molecule has 0 spiro atoms. The summed E-state index contributed by atoms with van der Waals surface area (Å²) in [5, 5.41) is 0.433. The highest BCUT2D eigenvalue weighted by molar-refractivity contribution is 8.17. The molecular weight excluding hydrogens is 469 g/mol. The van der Waals surface area contributed by atoms with Gasteiger partial charge < -0.3 is 13.3 Å². The van der Waals surface area contributed by atoms with Gasteiger partial charge in [-0.3, -0.25) is 0 Å². The Hall–Kier alpha value is 0.234. The third-order valence-corrected chi connectivity index (χ3v) is 19.8. The van der Waals surface area contributed by atoms with Gasteiger partial charge in [-0.1, -0.05) is 80.5 Å². The maximum atomic E-state index is 7.25. The van der Waals surface area contributed by atoms with Gasteiger partial charge in [-0.05, 0) is 30.3 Å². The Morgan fingerprint density at radius 1 is 0.969 bits per heavy atom. The lowest BCUT2D eigenvalue weighted by molar-refractivity contribution is -0.0232. The maximum absolute atomic E-state index is 7.25. The van der Waals surface area contributed by atoms with Gasteiger partial charge in [-0.15, -0.1) is 23.5 Å². The summed E-state index contributed by atoms with van der Waals surface area (Å²) < 4.78 is 21.5. The van der Waals surface area contributed by atoms with E-state index in [1.807, 2.05) is 23.5 Å². The molecule has 0 saturated carbocycles. The number of thioether (sulfide) groups is 2. The van der Waals surface area contributed by atoms with Gasteiger partial charge in [0, 0.05) is 15.0 Å². The Kier molecular flexibility index (Phi) is 7.57. The van der Waals surface area contributed by atoms with Crippen molar-refractivity contribution >= 4 is 40.4 Å². The predicted molar refractivity (Wildman–Crippen MR) is 146 cm³/mol. The van der Waals surface area contributed by atoms with Crippen molar-refractivity contribution in [2.24, 2.45) is 0 Å². The minimum Gasteiger partial charge on any atom is -0.409 e. The first-order valence-corrected chi connectivity index (χ1v) is 18.4. The molecule has 3 nitrogen and oxygen atoms in total. The highest BCUT2D eigenvalue weighted by Gasteiger charge is 2.65. The first-order chi connectivity index (χ1) is 14.5. The summed E-state index contributed by atoms with van der Waals surface area (Å²) in [6.45, 7) is 26.3. The molecule has 2 aliphatic heterocycles. The van der Waals surface area contributed by atoms with E-state index in [4.69, 9.17) is 13.3 Å². The molecule has 4 atom stereocenters. The van der Waals surface area contributed by atoms with Crippen molar-refractivity contribution in [1.82, 2.24) is 0 Å². The molecule has 0 radical (unpaired) electrons. The lowest BCUT2D eigenvalue weighted by Gasteiger charge is -2.54. The maximum Gasteiger partial charge on any atom is 0.349 e. The summed E-state index contributed by atoms with van der Waals surface area (Å²) in [5.41, 5.74) is 0. The predicted octanol–water partition coefficient (Wildman–Crippen LogP) is 8.07. The Balaban J connectivity index is 1.98. The fourth-order valence-electron chi connectivity index (χ4n) is 4.67. The van der Waals surface area contributed by atoms with Crippen LogP contribution in [0.4, 0.5) is 0 Å². The molecule has 2 fully saturated rings. The van der Waals surface area contributed by atoms with Crippen molar-refractivity contribution < 1.29 is 13.3 Å². The standard InChI is InChI=1S/C25H44O3S2Si2/c1-23(2,3)31(10,11)27-21-20-19(30-22(21)29-18-15-13-12-14-16-18)17-26-32(28-20,24(4,5)6)25(7,8)9/h12-16,19-22H,17H2,1-11H3/t19-,20-,21-,22-/m1/s1. The van der Waals surface area contributed by atoms with Gasteiger partial charge in [0.25, 0.3) is 0 Å². The summed E-state index contributed by atoms with van der Waals surface area (Å²) in [7, 11) is -4.52. The number of benzene rings is 1. The van der Waals surface area contributed by atoms with Crippen LogP contribution in [0.2, 0.25) is 28.2 Å². The number of fused-ring (bicyclic) bond motifs is 1. The zero-order valence-corrected chi connectivity index (χ0v) is 25.6. The minimum absolute atomic E-state index is 0.0208. The van der Waals surface area contributed by atoms with E-state index in [0.717, 1.165) is 6.61 Å². The van der Waals surface area contributed by atoms with Crippen LogP contribution >= 0.6 is 23.5 Å². The zero-order chi connectivity index (χ0) is 24.2. The van der Waals surface area contributed by atoms with Crippen LogP contribution in [0.15, 0.2) is 35.2 Å². The Morgan fingerprint density at radius 2 is 1.53 bits per heavy atom. The molecule has 0 aliphatic carbocycles. The molecule has 3 rings (SSSR count). The van der Waals surface area contributed by atoms with E-state index < -0.39 is 16.9 Å². The molecule has 0 amide bonds. The average molecular weight is 513 g/mol. The lowest BCUT2D eigenvalue weighted by atomic mass is 10.2. The normalized spacial score (nSPS) is 29.1. The van der Waals surface area contributed by atoms with Gasteiger partial charge >= 0.3 is 8.56 Å². The van der Waals surface area contributed by atoms with E-state index in [2.05, 4.69) is 106 Å². The zero-order valence-electron chi connectivity index (χ0n) is 21.9. The molecule has 0 bridgehead atoms. The van der Waals surface area contributed by atoms with Crippen LogP contribution in [-0.2, 0) is 13.3 Å². The second kappa shape index (κ2) is 9.03. The Morgan fingerprint density at radius 3 is 2.03 bits per heavy atom. The molecular formula is C25H44O3S2Si2. The van der Waals surface area contributed by atoms with Crippen molar-refractivity contribution in [3.63, 3.8) is 0 Å². The van der Waals surface area contributed by atoms with Crippen LogP contribution in [0.3, 0.4) is 0 Å². The molecule has 1 aromatic carbocycles. The SMILES string of the molecule is CC(C)(C)[Si](C)(C)O[C@H]1[C@H](Sc2ccccc2)S[C@@H]2CO[Si](C(C)(C)C)(C(C)(C)C)O[C@@H]12. The van der Waals surface area contributed by atoms with Crippen LogP contribution in [0.1, 0.15) is 62.3 Å². The third kappa shape index (κ3) is 5.09. The van der Waals surface area contributed by atoms with Crippen LogP contribution in [-0.4, -0.2) is 45.5 Å². The summed E-state index contributed by atoms with van der Waals surface area (Å²) in [5.74, 6) is 0. The molecule has 1 aromatic rings. The van der Waals surface area contributed by atoms with Crippen molar-refractivity contribution in [2.75, 3.05) is 6.61 Å². The van der Waals surface area contributed by atoms with Crippen LogP contribution in [0, 0.1) is 0 Å². The molecule has 2 aliphatic rings. The molecule has 32 heavy (non-hydrogen) atoms. The fourth-order valence-corrected chi connectivity index (χ4v) is 14.5. The number of hydrogen-bond acceptors (Lipinski definition) is 5. The van der Waals surface area contributed by atoms with E-state index in [9.17, 15) is 0 Å². The van der Waals surface area contributed by atoms with E-state index in [0.29, 0.717) is 9.83 Å². The summed E-state index contributed by atoms with van der Waals surface area (Å²) in [6, 6.07) is 10.7. The molecule has 0 unspecified atom stereocenters. The highest BCUT2D eigenvalue weighted by Crippen LogP contribution is 2.59. The second-order valence-electron chi connectivity index (χ2n) is 12.8. The first-order valence-electron chi connectivity index (χ1n) is 11.9. The quantitative estimate of drug-likeness (QED) is 0.380. The largest absolute Gasteiger partial charge is 0.409 e. The monoisotopic (exact) mass is 512 g/mol. The molecule has 2 saturated heterocycles. The number of hydrogen-bond donors (Lipinski definition) is 0. The van der Waals surface area contributed by atoms with E-state index in [1.165, 1.54) is 4.90 Å². The Labute approximate surface area is 207 Å². The topological polar surface area (TPSA) is 27.7 Å². The van der Waals surface area contributed by atoms with Crippen molar-refractivity contribution in [2.45, 2.75) is 117 Å². The van der Waals surface area contributed by atoms with Crippen LogP contribution < -0.4 is 0 Å². The summed E-state index contributed by atoms with van der Waals surface area (Å²) >= 11 is 3.94. The average Bonchev–Trinajstić information content (AvgIpc) is 2.95. The van der Waals surface area contributed by atoms with Gasteiger partial charge in [0.1, 0.15) is 0 Å². The van der Waals surface area contributed by atoms with Crippen LogP contribution in [0.25, 0.3) is 0 Å². The van der Waals surface area contributed by atoms with Crippen LogP contribution in [0.5, 0.6) is 0 Å². The number of rotatable bonds is 4. The molecule has 0 N–H and O–H groups in total. The highest BCUT2D eigenvalue weighted by atomic mass is 32.2. The van der Waals surface area contributed by atoms with E-state index >= 15 is 0 Å². The Bertz CT molecular complexity index is 767. The minimum atomic E-state index is -2.54. The van der Waals surface area contributed by atoms with Crippen molar-refractivity contribution in [1.29, 1.82) is 0 Å². The van der Waals surface area contributed by atoms with E-state index in [-0.39, 0.29) is 27.3 Å². The lowest BCUT2D eigenvalue weighted by Crippen LogP contribution is -2.65. The second-order valence-corrected chi connectivity index (χ2v) is 25.2. The summed E-state index contributed by atoms with van der Waals surface area (Å²) in [6.07, 6.45) is 0.144. The third-order valence-electron chi connectivity index (χ3n) is 7.23. The molecule has 0 aromatic heterocycles. The van der Waals surface area contributed by atoms with Gasteiger partial charge in [0.15, 0.2) is 8.32 Å². The van der Waals surface area contributed by atoms with Crippen molar-refractivity contribution in [3.8, 4) is 0 Å². The summed E-state index contributed by atoms with van der Waals surface area (Å²) in [4.78, 5) is 1.29. The fraction of sp³-hybridized carbons (Fsp3) is 0.760. The van der Waals surface area contributed by atoms with Crippen molar-refractivity contribution in [3.05, 3.63) is 30.3 Å². The molecule has 2 heterocycles. The smallest absolute Gasteiger partial charge is 0.349 e.